The molecule has 4 amide bonds. The number of hydrogen-bond donors (Lipinski definition) is 2. The maximum absolute atomic E-state index is 13.5. The van der Waals surface area contributed by atoms with Crippen molar-refractivity contribution in [3.63, 3.8) is 0 Å². The molecule has 0 radical (unpaired) electrons. The van der Waals surface area contributed by atoms with Crippen LogP contribution in [0.15, 0.2) is 60.7 Å². The number of rotatable bonds is 9. The molecule has 198 valence electrons. The molecule has 2 aliphatic heterocycles. The lowest BCUT2D eigenvalue weighted by Crippen LogP contribution is -2.76. The zero-order chi connectivity index (χ0) is 27.1. The van der Waals surface area contributed by atoms with Gasteiger partial charge in [0.15, 0.2) is 0 Å². The number of nitrogens with one attached hydrogen (secondary N) is 1. The zero-order valence-electron chi connectivity index (χ0n) is 21.0. The Balaban J connectivity index is 1.62. The molecule has 2 saturated heterocycles. The minimum Gasteiger partial charge on any atom is -0.481 e. The Morgan fingerprint density at radius 3 is 2.32 bits per heavy atom. The number of hydrogen-bond acceptors (Lipinski definition) is 5. The Kier molecular flexibility index (Phi) is 8.61. The number of fused-ring (bicyclic) bond motifs is 1. The van der Waals surface area contributed by atoms with E-state index in [1.807, 2.05) is 60.7 Å². The maximum atomic E-state index is 13.5. The van der Waals surface area contributed by atoms with Gasteiger partial charge in [-0.15, -0.1) is 6.42 Å². The number of nitrogens with zero attached hydrogens (tertiary/aromatic N) is 4. The molecule has 0 aliphatic carbocycles. The molecule has 2 fully saturated rings. The van der Waals surface area contributed by atoms with Gasteiger partial charge in [0.1, 0.15) is 12.2 Å². The number of benzene rings is 2. The van der Waals surface area contributed by atoms with Gasteiger partial charge in [0.25, 0.3) is 0 Å². The van der Waals surface area contributed by atoms with Gasteiger partial charge in [-0.05, 0) is 24.0 Å². The molecule has 2 aromatic carbocycles. The Hall–Kier alpha value is -4.36. The fraction of sp³-hybridized carbons (Fsp3) is 0.357. The molecule has 4 rings (SSSR count). The summed E-state index contributed by atoms with van der Waals surface area (Å²) in [6.07, 6.45) is 4.98. The van der Waals surface area contributed by atoms with E-state index in [0.29, 0.717) is 13.0 Å². The van der Waals surface area contributed by atoms with Crippen molar-refractivity contribution in [1.82, 2.24) is 25.1 Å². The van der Waals surface area contributed by atoms with Crippen molar-refractivity contribution < 1.29 is 24.3 Å². The van der Waals surface area contributed by atoms with Crippen molar-refractivity contribution in [3.8, 4) is 12.3 Å². The normalized spacial score (nSPS) is 19.6. The smallest absolute Gasteiger partial charge is 0.334 e. The van der Waals surface area contributed by atoms with Crippen LogP contribution in [0.3, 0.4) is 0 Å². The summed E-state index contributed by atoms with van der Waals surface area (Å²) in [7, 11) is 0. The van der Waals surface area contributed by atoms with Crippen LogP contribution < -0.4 is 5.32 Å². The fourth-order valence-electron chi connectivity index (χ4n) is 4.94. The summed E-state index contributed by atoms with van der Waals surface area (Å²) in [6.45, 7) is 0.535. The van der Waals surface area contributed by atoms with Gasteiger partial charge < -0.3 is 20.2 Å². The van der Waals surface area contributed by atoms with Crippen LogP contribution >= 0.6 is 0 Å². The molecular weight excluding hydrogens is 486 g/mol. The summed E-state index contributed by atoms with van der Waals surface area (Å²) < 4.78 is 0. The topological polar surface area (TPSA) is 114 Å². The van der Waals surface area contributed by atoms with Crippen LogP contribution in [-0.4, -0.2) is 87.1 Å². The van der Waals surface area contributed by atoms with Crippen molar-refractivity contribution in [3.05, 3.63) is 71.8 Å². The van der Waals surface area contributed by atoms with Gasteiger partial charge in [0, 0.05) is 19.5 Å². The summed E-state index contributed by atoms with van der Waals surface area (Å²) in [5.41, 5.74) is 1.94. The predicted octanol–water partition coefficient (Wildman–Crippen LogP) is 1.54. The molecule has 0 unspecified atom stereocenters. The van der Waals surface area contributed by atoms with Crippen LogP contribution in [0.2, 0.25) is 0 Å². The Bertz CT molecular complexity index is 1200. The van der Waals surface area contributed by atoms with Gasteiger partial charge in [0.05, 0.1) is 19.6 Å². The molecule has 2 heterocycles. The van der Waals surface area contributed by atoms with E-state index in [4.69, 9.17) is 6.42 Å². The summed E-state index contributed by atoms with van der Waals surface area (Å²) in [5, 5.41) is 15.1. The van der Waals surface area contributed by atoms with E-state index in [0.717, 1.165) is 11.1 Å². The van der Waals surface area contributed by atoms with Crippen LogP contribution in [0, 0.1) is 12.3 Å². The van der Waals surface area contributed by atoms with E-state index < -0.39 is 24.2 Å². The number of carboxylic acids is 1. The van der Waals surface area contributed by atoms with Crippen molar-refractivity contribution >= 4 is 23.8 Å². The van der Waals surface area contributed by atoms with Gasteiger partial charge in [-0.1, -0.05) is 66.6 Å². The van der Waals surface area contributed by atoms with E-state index in [1.54, 1.807) is 4.90 Å². The first-order valence-electron chi connectivity index (χ1n) is 12.5. The Morgan fingerprint density at radius 2 is 1.68 bits per heavy atom. The summed E-state index contributed by atoms with van der Waals surface area (Å²) in [4.78, 5) is 54.7. The summed E-state index contributed by atoms with van der Waals surface area (Å²) in [6, 6.07) is 17.6. The third-order valence-corrected chi connectivity index (χ3v) is 6.74. The van der Waals surface area contributed by atoms with Crippen LogP contribution in [0.4, 0.5) is 4.79 Å². The Morgan fingerprint density at radius 1 is 1.03 bits per heavy atom. The highest BCUT2D eigenvalue weighted by Crippen LogP contribution is 2.28. The number of carbonyl (C=O) groups excluding carboxylic acids is 3. The summed E-state index contributed by atoms with van der Waals surface area (Å²) in [5.74, 6) is 0.753. The van der Waals surface area contributed by atoms with Crippen LogP contribution in [0.25, 0.3) is 0 Å². The van der Waals surface area contributed by atoms with Crippen LogP contribution in [0.5, 0.6) is 0 Å². The second-order valence-electron chi connectivity index (χ2n) is 9.27. The number of amides is 4. The quantitative estimate of drug-likeness (QED) is 0.488. The van der Waals surface area contributed by atoms with E-state index >= 15 is 0 Å². The zero-order valence-corrected chi connectivity index (χ0v) is 21.0. The highest BCUT2D eigenvalue weighted by Gasteiger charge is 2.51. The number of terminal acetylenes is 1. The molecule has 2 atom stereocenters. The predicted molar refractivity (Wildman–Crippen MR) is 139 cm³/mol. The molecule has 2 aliphatic rings. The molecule has 0 aromatic heterocycles. The first-order chi connectivity index (χ1) is 18.4. The van der Waals surface area contributed by atoms with Crippen LogP contribution in [-0.2, 0) is 27.3 Å². The first kappa shape index (κ1) is 26.7. The largest absolute Gasteiger partial charge is 0.481 e. The van der Waals surface area contributed by atoms with E-state index in [9.17, 15) is 24.3 Å². The van der Waals surface area contributed by atoms with Crippen LogP contribution in [0.1, 0.15) is 24.0 Å². The Labute approximate surface area is 221 Å². The molecule has 0 spiro atoms. The standard InChI is InChI=1S/C28H31N5O5/c1-2-16-31-20-25(34)32-23(13-14-26(35)36)27(37)30(17-15-21-9-5-3-6-10-21)19-24(32)33(31)28(38)29-18-22-11-7-4-8-12-22/h1,3-12,23-24H,13-20H2,(H,29,38)(H,35,36)/t23-,24-/m0/s1. The van der Waals surface area contributed by atoms with Crippen molar-refractivity contribution in [2.45, 2.75) is 38.0 Å². The SMILES string of the molecule is C#CCN1CC(=O)N2[C@@H](CCC(=O)O)C(=O)N(CCc3ccccc3)C[C@@H]2N1C(=O)NCc1ccccc1. The highest BCUT2D eigenvalue weighted by molar-refractivity contribution is 5.91. The van der Waals surface area contributed by atoms with Gasteiger partial charge in [-0.2, -0.15) is 5.01 Å². The van der Waals surface area contributed by atoms with Gasteiger partial charge in [-0.3, -0.25) is 14.4 Å². The molecule has 0 saturated carbocycles. The lowest BCUT2D eigenvalue weighted by atomic mass is 10.0. The van der Waals surface area contributed by atoms with Gasteiger partial charge in [0.2, 0.25) is 11.8 Å². The van der Waals surface area contributed by atoms with Gasteiger partial charge in [-0.25, -0.2) is 9.80 Å². The lowest BCUT2D eigenvalue weighted by molar-refractivity contribution is -0.189. The average molecular weight is 518 g/mol. The summed E-state index contributed by atoms with van der Waals surface area (Å²) >= 11 is 0. The number of hydrazine groups is 1. The number of urea groups is 1. The lowest BCUT2D eigenvalue weighted by Gasteiger charge is -2.54. The fourth-order valence-corrected chi connectivity index (χ4v) is 4.94. The number of aliphatic carboxylic acids is 1. The second kappa shape index (κ2) is 12.3. The van der Waals surface area contributed by atoms with E-state index in [-0.39, 0.29) is 50.8 Å². The molecule has 2 N–H and O–H groups in total. The van der Waals surface area contributed by atoms with E-state index in [1.165, 1.54) is 14.9 Å². The molecule has 38 heavy (non-hydrogen) atoms. The molecular formula is C28H31N5O5. The minimum atomic E-state index is -1.06. The average Bonchev–Trinajstić information content (AvgIpc) is 2.91. The molecule has 10 nitrogen and oxygen atoms in total. The molecule has 2 aromatic rings. The van der Waals surface area contributed by atoms with Gasteiger partial charge >= 0.3 is 12.0 Å². The molecule has 10 heteroatoms. The van der Waals surface area contributed by atoms with Crippen molar-refractivity contribution in [2.24, 2.45) is 0 Å². The highest BCUT2D eigenvalue weighted by atomic mass is 16.4. The monoisotopic (exact) mass is 517 g/mol. The minimum absolute atomic E-state index is 0.0204. The number of carbonyl (C=O) groups is 4. The van der Waals surface area contributed by atoms with E-state index in [2.05, 4.69) is 11.2 Å². The number of piperazine rings is 1. The molecule has 0 bridgehead atoms. The maximum Gasteiger partial charge on any atom is 0.334 e. The first-order valence-corrected chi connectivity index (χ1v) is 12.5. The number of carboxylic acid groups (broad SMARTS) is 1. The third-order valence-electron chi connectivity index (χ3n) is 6.74. The van der Waals surface area contributed by atoms with Crippen molar-refractivity contribution in [1.29, 1.82) is 0 Å². The third kappa shape index (κ3) is 6.12. The van der Waals surface area contributed by atoms with Crippen molar-refractivity contribution in [2.75, 3.05) is 26.2 Å². The second-order valence-corrected chi connectivity index (χ2v) is 9.27.